The Hall–Kier alpha value is -0.960. The van der Waals surface area contributed by atoms with Crippen molar-refractivity contribution in [1.82, 2.24) is 16.3 Å². The number of hydrogen-bond donors (Lipinski definition) is 1. The molecule has 3 heteroatoms. The van der Waals surface area contributed by atoms with Crippen LogP contribution in [0.1, 0.15) is 0 Å². The third-order valence-electron chi connectivity index (χ3n) is 0.483. The van der Waals surface area contributed by atoms with Crippen LogP contribution in [0, 0.1) is 0 Å². The second-order valence-electron chi connectivity index (χ2n) is 0.914. The maximum absolute atomic E-state index is 3.53. The minimum absolute atomic E-state index is 0. The van der Waals surface area contributed by atoms with E-state index in [0.29, 0.717) is 0 Å². The van der Waals surface area contributed by atoms with E-state index in [1.165, 1.54) is 0 Å². The van der Waals surface area contributed by atoms with Crippen LogP contribution in [0.4, 0.5) is 0 Å². The topological polar surface area (TPSA) is 60.8 Å². The molecule has 3 nitrogen and oxygen atoms in total. The summed E-state index contributed by atoms with van der Waals surface area (Å²) in [6.45, 7) is 0. The van der Waals surface area contributed by atoms with Gasteiger partial charge in [0.1, 0.15) is 0 Å². The van der Waals surface area contributed by atoms with Gasteiger partial charge in [-0.15, -0.1) is 0 Å². The first-order chi connectivity index (χ1) is 3.00. The van der Waals surface area contributed by atoms with Gasteiger partial charge in [0, 0.05) is 12.4 Å². The molecule has 0 aliphatic carbocycles. The highest BCUT2D eigenvalue weighted by Crippen LogP contribution is 1.68. The Morgan fingerprint density at radius 2 is 1.29 bits per heavy atom. The van der Waals surface area contributed by atoms with Crippen LogP contribution in [0.2, 0.25) is 0 Å². The van der Waals surface area contributed by atoms with E-state index < -0.39 is 0 Å². The molecule has 0 aliphatic rings. The van der Waals surface area contributed by atoms with Crippen LogP contribution in [-0.2, 0) is 0 Å². The van der Waals surface area contributed by atoms with E-state index >= 15 is 0 Å². The SMILES string of the molecule is N.c1ccnnc1. The van der Waals surface area contributed by atoms with Gasteiger partial charge in [0.25, 0.3) is 0 Å². The zero-order valence-electron chi connectivity index (χ0n) is 3.91. The van der Waals surface area contributed by atoms with E-state index in [1.807, 2.05) is 12.1 Å². The van der Waals surface area contributed by atoms with E-state index in [4.69, 9.17) is 0 Å². The minimum Gasteiger partial charge on any atom is -0.344 e. The largest absolute Gasteiger partial charge is 0.344 e. The lowest BCUT2D eigenvalue weighted by atomic mass is 10.6. The third kappa shape index (κ3) is 1.83. The quantitative estimate of drug-likeness (QED) is 0.516. The molecular formula is C4H7N3. The fourth-order valence-electron chi connectivity index (χ4n) is 0.253. The lowest BCUT2D eigenvalue weighted by molar-refractivity contribution is 1.03. The predicted molar refractivity (Wildman–Crippen MR) is 27.1 cm³/mol. The molecule has 1 heterocycles. The first-order valence-corrected chi connectivity index (χ1v) is 1.72. The first kappa shape index (κ1) is 6.04. The first-order valence-electron chi connectivity index (χ1n) is 1.72. The fraction of sp³-hybridized carbons (Fsp3) is 0. The van der Waals surface area contributed by atoms with Gasteiger partial charge >= 0.3 is 0 Å². The summed E-state index contributed by atoms with van der Waals surface area (Å²) in [6, 6.07) is 3.65. The van der Waals surface area contributed by atoms with Crippen molar-refractivity contribution < 1.29 is 0 Å². The van der Waals surface area contributed by atoms with Crippen LogP contribution >= 0.6 is 0 Å². The molecule has 0 radical (unpaired) electrons. The molecule has 3 N–H and O–H groups in total. The normalized spacial score (nSPS) is 6.86. The molecule has 0 aromatic carbocycles. The van der Waals surface area contributed by atoms with E-state index in [0.717, 1.165) is 0 Å². The summed E-state index contributed by atoms with van der Waals surface area (Å²) >= 11 is 0. The third-order valence-corrected chi connectivity index (χ3v) is 0.483. The molecule has 1 aromatic rings. The molecule has 1 rings (SSSR count). The second kappa shape index (κ2) is 3.24. The van der Waals surface area contributed by atoms with Crippen LogP contribution in [0.3, 0.4) is 0 Å². The summed E-state index contributed by atoms with van der Waals surface area (Å²) in [7, 11) is 0. The number of nitrogens with zero attached hydrogens (tertiary/aromatic N) is 2. The Balaban J connectivity index is 0.000000360. The molecule has 0 atom stereocenters. The summed E-state index contributed by atoms with van der Waals surface area (Å²) in [5.41, 5.74) is 0. The van der Waals surface area contributed by atoms with Crippen molar-refractivity contribution in [2.45, 2.75) is 0 Å². The Labute approximate surface area is 42.0 Å². The van der Waals surface area contributed by atoms with E-state index in [-0.39, 0.29) is 6.15 Å². The molecule has 1 aromatic heterocycles. The molecule has 0 saturated carbocycles. The lowest BCUT2D eigenvalue weighted by Gasteiger charge is -1.69. The second-order valence-corrected chi connectivity index (χ2v) is 0.914. The summed E-state index contributed by atoms with van der Waals surface area (Å²) in [6.07, 6.45) is 3.28. The smallest absolute Gasteiger partial charge is 0.0496 e. The molecule has 7 heavy (non-hydrogen) atoms. The van der Waals surface area contributed by atoms with Gasteiger partial charge in [0.15, 0.2) is 0 Å². The zero-order chi connectivity index (χ0) is 4.24. The van der Waals surface area contributed by atoms with Gasteiger partial charge in [0.2, 0.25) is 0 Å². The standard InChI is InChI=1S/C4H4N2.H3N/c1-2-4-6-5-3-1;/h1-4H;1H3. The lowest BCUT2D eigenvalue weighted by Crippen LogP contribution is -1.69. The van der Waals surface area contributed by atoms with Crippen molar-refractivity contribution in [3.05, 3.63) is 24.5 Å². The predicted octanol–water partition coefficient (Wildman–Crippen LogP) is 0.639. The molecule has 0 amide bonds. The van der Waals surface area contributed by atoms with Crippen LogP contribution in [0.15, 0.2) is 24.5 Å². The Kier molecular flexibility index (Phi) is 2.79. The van der Waals surface area contributed by atoms with E-state index in [9.17, 15) is 0 Å². The van der Waals surface area contributed by atoms with Gasteiger partial charge in [-0.2, -0.15) is 10.2 Å². The molecular weight excluding hydrogens is 90.1 g/mol. The highest BCUT2D eigenvalue weighted by Gasteiger charge is 1.59. The van der Waals surface area contributed by atoms with Crippen molar-refractivity contribution >= 4 is 0 Å². The Morgan fingerprint density at radius 3 is 1.43 bits per heavy atom. The zero-order valence-corrected chi connectivity index (χ0v) is 3.91. The van der Waals surface area contributed by atoms with Crippen LogP contribution in [0.5, 0.6) is 0 Å². The summed E-state index contributed by atoms with van der Waals surface area (Å²) in [4.78, 5) is 0. The Morgan fingerprint density at radius 1 is 0.857 bits per heavy atom. The van der Waals surface area contributed by atoms with Crippen molar-refractivity contribution in [1.29, 1.82) is 0 Å². The van der Waals surface area contributed by atoms with Gasteiger partial charge in [-0.05, 0) is 12.1 Å². The summed E-state index contributed by atoms with van der Waals surface area (Å²) < 4.78 is 0. The van der Waals surface area contributed by atoms with Gasteiger partial charge in [-0.3, -0.25) is 0 Å². The fourth-order valence-corrected chi connectivity index (χ4v) is 0.253. The molecule has 38 valence electrons. The number of hydrogen-bond acceptors (Lipinski definition) is 3. The number of aromatic nitrogens is 2. The average Bonchev–Trinajstić information content (AvgIpc) is 1.72. The van der Waals surface area contributed by atoms with E-state index in [1.54, 1.807) is 12.4 Å². The van der Waals surface area contributed by atoms with Crippen LogP contribution in [-0.4, -0.2) is 10.2 Å². The molecule has 0 unspecified atom stereocenters. The maximum atomic E-state index is 3.53. The number of rotatable bonds is 0. The summed E-state index contributed by atoms with van der Waals surface area (Å²) in [5.74, 6) is 0. The van der Waals surface area contributed by atoms with E-state index in [2.05, 4.69) is 10.2 Å². The van der Waals surface area contributed by atoms with Gasteiger partial charge in [-0.25, -0.2) is 0 Å². The van der Waals surface area contributed by atoms with Crippen molar-refractivity contribution in [2.75, 3.05) is 0 Å². The molecule has 0 fully saturated rings. The molecule has 0 bridgehead atoms. The molecule has 0 aliphatic heterocycles. The molecule has 0 spiro atoms. The van der Waals surface area contributed by atoms with Gasteiger partial charge < -0.3 is 6.15 Å². The highest BCUT2D eigenvalue weighted by molar-refractivity contribution is 4.79. The van der Waals surface area contributed by atoms with Crippen molar-refractivity contribution in [2.24, 2.45) is 0 Å². The highest BCUT2D eigenvalue weighted by atomic mass is 15.1. The van der Waals surface area contributed by atoms with Gasteiger partial charge in [0.05, 0.1) is 0 Å². The molecule has 0 saturated heterocycles. The van der Waals surface area contributed by atoms with Crippen LogP contribution < -0.4 is 6.15 Å². The average molecular weight is 97.1 g/mol. The Bertz CT molecular complexity index is 78.9. The maximum Gasteiger partial charge on any atom is 0.0496 e. The van der Waals surface area contributed by atoms with Crippen molar-refractivity contribution in [3.8, 4) is 0 Å². The van der Waals surface area contributed by atoms with Gasteiger partial charge in [-0.1, -0.05) is 0 Å². The summed E-state index contributed by atoms with van der Waals surface area (Å²) in [5, 5.41) is 7.07. The minimum atomic E-state index is 0. The monoisotopic (exact) mass is 97.1 g/mol. The van der Waals surface area contributed by atoms with Crippen LogP contribution in [0.25, 0.3) is 0 Å². The van der Waals surface area contributed by atoms with Crippen molar-refractivity contribution in [3.63, 3.8) is 0 Å².